The monoisotopic (exact) mass is 1120 g/mol. The van der Waals surface area contributed by atoms with Crippen molar-refractivity contribution in [2.45, 2.75) is 253 Å². The van der Waals surface area contributed by atoms with Gasteiger partial charge in [-0.05, 0) is 99.7 Å². The molecule has 24 heteroatoms. The fraction of sp³-hybridized carbons (Fsp3) is 0.963. The Morgan fingerprint density at radius 3 is 1.51 bits per heavy atom. The Hall–Kier alpha value is -1.22. The van der Waals surface area contributed by atoms with Crippen LogP contribution in [0.2, 0.25) is 0 Å². The van der Waals surface area contributed by atoms with Crippen LogP contribution in [0.25, 0.3) is 0 Å². The van der Waals surface area contributed by atoms with Crippen LogP contribution in [0.4, 0.5) is 0 Å². The van der Waals surface area contributed by atoms with Gasteiger partial charge in [0.1, 0.15) is 97.7 Å². The zero-order valence-electron chi connectivity index (χ0n) is 46.1. The SMILES string of the molecule is C[C@H](CCC(OC1OC(CO)C(O)C(O)C1OC1OC(CO)C(O)C(O)C1O)C(C)(C)O)[C@H]1CC[C@@]2(C)C3CC=C4[C@@H](CC[C@H](OC5OC(CO)C(O)C(O)C5OC5OC(CO)C(O)C(O)C5O)C4(C)C)[C@]3(C)[C@H](O)C[C@]12C. The van der Waals surface area contributed by atoms with Crippen LogP contribution in [0.5, 0.6) is 0 Å². The highest BCUT2D eigenvalue weighted by atomic mass is 16.8. The minimum absolute atomic E-state index is 0.0367. The van der Waals surface area contributed by atoms with Gasteiger partial charge >= 0.3 is 0 Å². The van der Waals surface area contributed by atoms with Crippen molar-refractivity contribution in [2.24, 2.45) is 45.3 Å². The molecule has 3 saturated carbocycles. The van der Waals surface area contributed by atoms with E-state index in [1.54, 1.807) is 13.8 Å². The molecule has 0 aromatic carbocycles. The normalized spacial score (nSPS) is 51.4. The standard InChI is InChI=1S/C54H92O24/c1-22(9-13-33(51(4,5)70)76-49-45(41(67)37(63)29(21-58)74-49)78-47-43(69)39(65)35(61)27(19-56)72-47)23-15-16-52(6)30-12-10-24-25(54(30,8)31(59)17-53(23,52)7)11-14-32(50(24,2)3)75-48-44(40(66)36(62)28(20-57)73-48)77-46-42(68)38(64)34(60)26(18-55)71-46/h10,22-23,25-49,55-70H,9,11-21H2,1-8H3/t22-,23-,25-,26?,27?,28?,29?,30?,31-,32+,33?,34?,35?,36?,37?,38?,39?,40?,41?,42?,43?,44?,45?,46?,47?,48?,49?,52+,53-,54+/m1/s1. The number of fused-ring (bicyclic) bond motifs is 5. The first-order valence-electron chi connectivity index (χ1n) is 28.0. The van der Waals surface area contributed by atoms with Gasteiger partial charge in [-0.15, -0.1) is 0 Å². The highest BCUT2D eigenvalue weighted by molar-refractivity contribution is 5.32. The molecule has 4 aliphatic heterocycles. The summed E-state index contributed by atoms with van der Waals surface area (Å²) in [7, 11) is 0. The summed E-state index contributed by atoms with van der Waals surface area (Å²) in [5, 5.41) is 172. The average Bonchev–Trinajstić information content (AvgIpc) is 3.10. The van der Waals surface area contributed by atoms with Crippen molar-refractivity contribution in [3.8, 4) is 0 Å². The molecule has 0 radical (unpaired) electrons. The lowest BCUT2D eigenvalue weighted by Crippen LogP contribution is -2.66. The van der Waals surface area contributed by atoms with Gasteiger partial charge in [-0.2, -0.15) is 0 Å². The maximum Gasteiger partial charge on any atom is 0.187 e. The van der Waals surface area contributed by atoms with Gasteiger partial charge in [-0.25, -0.2) is 0 Å². The average molecular weight is 1130 g/mol. The summed E-state index contributed by atoms with van der Waals surface area (Å²) in [4.78, 5) is 0. The molecule has 7 fully saturated rings. The second-order valence-corrected chi connectivity index (χ2v) is 25.8. The molecule has 24 nitrogen and oxygen atoms in total. The third-order valence-corrected chi connectivity index (χ3v) is 20.8. The van der Waals surface area contributed by atoms with Gasteiger partial charge in [0.2, 0.25) is 0 Å². The maximum absolute atomic E-state index is 12.8. The van der Waals surface area contributed by atoms with Crippen molar-refractivity contribution < 1.29 is 120 Å². The second-order valence-electron chi connectivity index (χ2n) is 25.8. The Morgan fingerprint density at radius 2 is 1.03 bits per heavy atom. The number of ether oxygens (including phenoxy) is 8. The van der Waals surface area contributed by atoms with Gasteiger partial charge in [0.15, 0.2) is 25.2 Å². The van der Waals surface area contributed by atoms with E-state index in [0.29, 0.717) is 32.1 Å². The van der Waals surface area contributed by atoms with E-state index in [2.05, 4.69) is 33.8 Å². The van der Waals surface area contributed by atoms with Crippen LogP contribution >= 0.6 is 0 Å². The van der Waals surface area contributed by atoms with E-state index in [1.165, 1.54) is 0 Å². The molecule has 8 rings (SSSR count). The number of rotatable bonds is 17. The summed E-state index contributed by atoms with van der Waals surface area (Å²) < 4.78 is 48.2. The van der Waals surface area contributed by atoms with E-state index in [4.69, 9.17) is 37.9 Å². The Labute approximate surface area is 455 Å². The lowest BCUT2D eigenvalue weighted by molar-refractivity contribution is -0.375. The van der Waals surface area contributed by atoms with Crippen LogP contribution in [-0.2, 0) is 37.9 Å². The molecule has 0 aromatic heterocycles. The molecule has 4 heterocycles. The molecular formula is C54H92O24. The van der Waals surface area contributed by atoms with Crippen molar-refractivity contribution >= 4 is 0 Å². The minimum atomic E-state index is -1.86. The van der Waals surface area contributed by atoms with Crippen molar-refractivity contribution in [1.82, 2.24) is 0 Å². The van der Waals surface area contributed by atoms with Crippen LogP contribution in [0.3, 0.4) is 0 Å². The lowest BCUT2D eigenvalue weighted by atomic mass is 9.38. The summed E-state index contributed by atoms with van der Waals surface area (Å²) in [5.41, 5.74) is -2.24. The third kappa shape index (κ3) is 10.8. The Morgan fingerprint density at radius 1 is 0.564 bits per heavy atom. The smallest absolute Gasteiger partial charge is 0.187 e. The highest BCUT2D eigenvalue weighted by Gasteiger charge is 2.70. The largest absolute Gasteiger partial charge is 0.394 e. The number of allylic oxidation sites excluding steroid dienone is 1. The molecule has 4 aliphatic carbocycles. The molecule has 4 saturated heterocycles. The first kappa shape index (κ1) is 62.8. The second kappa shape index (κ2) is 23.7. The third-order valence-electron chi connectivity index (χ3n) is 20.8. The zero-order valence-corrected chi connectivity index (χ0v) is 46.1. The quantitative estimate of drug-likeness (QED) is 0.0637. The molecule has 0 aromatic rings. The predicted octanol–water partition coefficient (Wildman–Crippen LogP) is -3.23. The molecule has 0 amide bonds. The van der Waals surface area contributed by atoms with E-state index in [1.807, 2.05) is 13.8 Å². The van der Waals surface area contributed by atoms with E-state index >= 15 is 0 Å². The Bertz CT molecular complexity index is 2030. The first-order chi connectivity index (χ1) is 36.5. The van der Waals surface area contributed by atoms with E-state index in [9.17, 15) is 81.7 Å². The summed E-state index contributed by atoms with van der Waals surface area (Å²) >= 11 is 0. The maximum atomic E-state index is 12.8. The summed E-state index contributed by atoms with van der Waals surface area (Å²) in [5.74, 6) is 0.171. The Kier molecular flexibility index (Phi) is 19.1. The van der Waals surface area contributed by atoms with Gasteiger partial charge in [0, 0.05) is 10.8 Å². The van der Waals surface area contributed by atoms with Crippen molar-refractivity contribution in [3.05, 3.63) is 11.6 Å². The van der Waals surface area contributed by atoms with Gasteiger partial charge < -0.3 is 120 Å². The van der Waals surface area contributed by atoms with Crippen LogP contribution in [-0.4, -0.2) is 255 Å². The van der Waals surface area contributed by atoms with Crippen LogP contribution in [0.1, 0.15) is 107 Å². The van der Waals surface area contributed by atoms with Gasteiger partial charge in [0.25, 0.3) is 0 Å². The molecule has 0 bridgehead atoms. The van der Waals surface area contributed by atoms with E-state index < -0.39 is 184 Å². The molecule has 30 atom stereocenters. The fourth-order valence-corrected chi connectivity index (χ4v) is 15.7. The summed E-state index contributed by atoms with van der Waals surface area (Å²) in [6.07, 6.45) is -27.5. The molecule has 0 spiro atoms. The highest BCUT2D eigenvalue weighted by Crippen LogP contribution is 2.75. The van der Waals surface area contributed by atoms with Crippen LogP contribution in [0.15, 0.2) is 11.6 Å². The zero-order chi connectivity index (χ0) is 57.5. The van der Waals surface area contributed by atoms with Gasteiger partial charge in [-0.3, -0.25) is 0 Å². The molecule has 22 unspecified atom stereocenters. The topological polar surface area (TPSA) is 398 Å². The molecule has 78 heavy (non-hydrogen) atoms. The lowest BCUT2D eigenvalue weighted by Gasteiger charge is -2.67. The van der Waals surface area contributed by atoms with Crippen molar-refractivity contribution in [2.75, 3.05) is 26.4 Å². The molecule has 16 N–H and O–H groups in total. The van der Waals surface area contributed by atoms with E-state index in [0.717, 1.165) is 18.4 Å². The number of aliphatic hydroxyl groups excluding tert-OH is 15. The number of hydrogen-bond donors (Lipinski definition) is 16. The number of aliphatic hydroxyl groups is 16. The van der Waals surface area contributed by atoms with E-state index in [-0.39, 0.29) is 40.9 Å². The van der Waals surface area contributed by atoms with Gasteiger partial charge in [0.05, 0.1) is 50.3 Å². The van der Waals surface area contributed by atoms with Crippen LogP contribution < -0.4 is 0 Å². The Balaban J connectivity index is 0.973. The van der Waals surface area contributed by atoms with Crippen molar-refractivity contribution in [3.63, 3.8) is 0 Å². The number of hydrogen-bond acceptors (Lipinski definition) is 24. The summed E-state index contributed by atoms with van der Waals surface area (Å²) in [6.45, 7) is 13.4. The first-order valence-corrected chi connectivity index (χ1v) is 28.0. The molecular weight excluding hydrogens is 1030 g/mol. The molecule has 452 valence electrons. The minimum Gasteiger partial charge on any atom is -0.394 e. The fourth-order valence-electron chi connectivity index (χ4n) is 15.7. The van der Waals surface area contributed by atoms with Crippen LogP contribution in [0, 0.1) is 45.3 Å². The van der Waals surface area contributed by atoms with Crippen molar-refractivity contribution in [1.29, 1.82) is 0 Å². The van der Waals surface area contributed by atoms with Gasteiger partial charge in [-0.1, -0.05) is 53.2 Å². The summed E-state index contributed by atoms with van der Waals surface area (Å²) in [6, 6.07) is 0. The molecule has 8 aliphatic rings. The predicted molar refractivity (Wildman–Crippen MR) is 268 cm³/mol.